The molecule has 1 aromatic carbocycles. The molecule has 0 aliphatic carbocycles. The van der Waals surface area contributed by atoms with Crippen LogP contribution in [0.3, 0.4) is 0 Å². The first-order chi connectivity index (χ1) is 7.56. The van der Waals surface area contributed by atoms with Gasteiger partial charge in [-0.3, -0.25) is 0 Å². The molecule has 2 heteroatoms. The van der Waals surface area contributed by atoms with Crippen molar-refractivity contribution in [3.8, 4) is 0 Å². The molecular weight excluding hydrogens is 196 g/mol. The molecule has 0 aliphatic heterocycles. The standard InChI is InChI=1S/C14H20N2/c1-6-12-10(2)16(5)14-8-7-11(15(3)4)9-13(12)14/h7-9H,6H2,1-5H3. The number of benzene rings is 1. The Morgan fingerprint density at radius 1 is 1.25 bits per heavy atom. The number of aromatic nitrogens is 1. The summed E-state index contributed by atoms with van der Waals surface area (Å²) in [7, 11) is 6.32. The smallest absolute Gasteiger partial charge is 0.0484 e. The maximum Gasteiger partial charge on any atom is 0.0484 e. The molecular formula is C14H20N2. The summed E-state index contributed by atoms with van der Waals surface area (Å²) in [4.78, 5) is 2.15. The van der Waals surface area contributed by atoms with Gasteiger partial charge in [-0.2, -0.15) is 0 Å². The van der Waals surface area contributed by atoms with Crippen molar-refractivity contribution < 1.29 is 0 Å². The van der Waals surface area contributed by atoms with Crippen molar-refractivity contribution in [3.05, 3.63) is 29.5 Å². The van der Waals surface area contributed by atoms with E-state index in [-0.39, 0.29) is 0 Å². The van der Waals surface area contributed by atoms with Crippen LogP contribution in [-0.2, 0) is 13.5 Å². The van der Waals surface area contributed by atoms with Crippen LogP contribution in [0.5, 0.6) is 0 Å². The van der Waals surface area contributed by atoms with Crippen LogP contribution in [0, 0.1) is 6.92 Å². The highest BCUT2D eigenvalue weighted by Crippen LogP contribution is 2.28. The molecule has 0 saturated heterocycles. The highest BCUT2D eigenvalue weighted by Gasteiger charge is 2.10. The lowest BCUT2D eigenvalue weighted by Gasteiger charge is -2.12. The zero-order chi connectivity index (χ0) is 11.9. The van der Waals surface area contributed by atoms with Gasteiger partial charge in [0.2, 0.25) is 0 Å². The largest absolute Gasteiger partial charge is 0.378 e. The molecule has 0 saturated carbocycles. The lowest BCUT2D eigenvalue weighted by molar-refractivity contribution is 0.899. The van der Waals surface area contributed by atoms with E-state index in [0.717, 1.165) is 6.42 Å². The van der Waals surface area contributed by atoms with Gasteiger partial charge < -0.3 is 9.47 Å². The molecule has 2 aromatic rings. The van der Waals surface area contributed by atoms with Crippen molar-refractivity contribution in [1.29, 1.82) is 0 Å². The fraction of sp³-hybridized carbons (Fsp3) is 0.429. The summed E-state index contributed by atoms with van der Waals surface area (Å²) in [6.45, 7) is 4.43. The van der Waals surface area contributed by atoms with Gasteiger partial charge in [-0.15, -0.1) is 0 Å². The van der Waals surface area contributed by atoms with E-state index in [1.165, 1.54) is 27.8 Å². The first-order valence-corrected chi connectivity index (χ1v) is 5.81. The Morgan fingerprint density at radius 2 is 1.94 bits per heavy atom. The molecule has 0 radical (unpaired) electrons. The van der Waals surface area contributed by atoms with Gasteiger partial charge in [0.05, 0.1) is 0 Å². The minimum Gasteiger partial charge on any atom is -0.378 e. The normalized spacial score (nSPS) is 11.1. The van der Waals surface area contributed by atoms with Crippen molar-refractivity contribution in [2.24, 2.45) is 7.05 Å². The van der Waals surface area contributed by atoms with E-state index in [1.54, 1.807) is 0 Å². The minimum atomic E-state index is 1.10. The molecule has 16 heavy (non-hydrogen) atoms. The highest BCUT2D eigenvalue weighted by molar-refractivity contribution is 5.88. The van der Waals surface area contributed by atoms with Gasteiger partial charge >= 0.3 is 0 Å². The molecule has 0 spiro atoms. The molecule has 1 heterocycles. The lowest BCUT2D eigenvalue weighted by Crippen LogP contribution is -2.08. The number of anilines is 1. The average Bonchev–Trinajstić information content (AvgIpc) is 2.51. The van der Waals surface area contributed by atoms with Crippen LogP contribution in [0.1, 0.15) is 18.2 Å². The highest BCUT2D eigenvalue weighted by atomic mass is 15.1. The summed E-state index contributed by atoms with van der Waals surface area (Å²) in [5, 5.41) is 1.40. The van der Waals surface area contributed by atoms with Crippen molar-refractivity contribution in [1.82, 2.24) is 4.57 Å². The van der Waals surface area contributed by atoms with Crippen molar-refractivity contribution in [2.75, 3.05) is 19.0 Å². The van der Waals surface area contributed by atoms with Gasteiger partial charge in [-0.05, 0) is 37.1 Å². The Morgan fingerprint density at radius 3 is 2.50 bits per heavy atom. The predicted octanol–water partition coefficient (Wildman–Crippen LogP) is 3.12. The van der Waals surface area contributed by atoms with Crippen LogP contribution in [0.25, 0.3) is 10.9 Å². The number of nitrogens with zero attached hydrogens (tertiary/aromatic N) is 2. The number of hydrogen-bond acceptors (Lipinski definition) is 1. The van der Waals surface area contributed by atoms with Crippen molar-refractivity contribution >= 4 is 16.6 Å². The van der Waals surface area contributed by atoms with Gasteiger partial charge in [-0.1, -0.05) is 6.92 Å². The topological polar surface area (TPSA) is 8.17 Å². The fourth-order valence-corrected chi connectivity index (χ4v) is 2.36. The molecule has 1 aromatic heterocycles. The number of fused-ring (bicyclic) bond motifs is 1. The van der Waals surface area contributed by atoms with Gasteiger partial charge in [0.15, 0.2) is 0 Å². The first kappa shape index (κ1) is 11.1. The van der Waals surface area contributed by atoms with E-state index in [1.807, 2.05) is 0 Å². The molecule has 0 amide bonds. The predicted molar refractivity (Wildman–Crippen MR) is 71.4 cm³/mol. The van der Waals surface area contributed by atoms with E-state index in [0.29, 0.717) is 0 Å². The Labute approximate surface area is 97.5 Å². The third kappa shape index (κ3) is 1.49. The Hall–Kier alpha value is -1.44. The Bertz CT molecular complexity index is 521. The summed E-state index contributed by atoms with van der Waals surface area (Å²) in [6.07, 6.45) is 1.10. The van der Waals surface area contributed by atoms with Crippen LogP contribution in [-0.4, -0.2) is 18.7 Å². The zero-order valence-electron chi connectivity index (χ0n) is 10.8. The van der Waals surface area contributed by atoms with Crippen LogP contribution >= 0.6 is 0 Å². The maximum absolute atomic E-state index is 2.29. The van der Waals surface area contributed by atoms with Gasteiger partial charge in [0, 0.05) is 43.4 Å². The molecule has 0 fully saturated rings. The van der Waals surface area contributed by atoms with Crippen LogP contribution in [0.15, 0.2) is 18.2 Å². The van der Waals surface area contributed by atoms with E-state index >= 15 is 0 Å². The Kier molecular flexibility index (Phi) is 2.66. The number of hydrogen-bond donors (Lipinski definition) is 0. The van der Waals surface area contributed by atoms with Crippen LogP contribution in [0.4, 0.5) is 5.69 Å². The Balaban J connectivity index is 2.76. The molecule has 2 nitrogen and oxygen atoms in total. The molecule has 0 bridgehead atoms. The van der Waals surface area contributed by atoms with E-state index in [2.05, 4.69) is 62.7 Å². The average molecular weight is 216 g/mol. The summed E-state index contributed by atoms with van der Waals surface area (Å²) in [5.74, 6) is 0. The fourth-order valence-electron chi connectivity index (χ4n) is 2.36. The maximum atomic E-state index is 2.29. The van der Waals surface area contributed by atoms with E-state index in [4.69, 9.17) is 0 Å². The zero-order valence-corrected chi connectivity index (χ0v) is 10.8. The van der Waals surface area contributed by atoms with Crippen LogP contribution < -0.4 is 4.90 Å². The summed E-state index contributed by atoms with van der Waals surface area (Å²) >= 11 is 0. The van der Waals surface area contributed by atoms with Gasteiger partial charge in [0.25, 0.3) is 0 Å². The second kappa shape index (κ2) is 3.85. The van der Waals surface area contributed by atoms with E-state index < -0.39 is 0 Å². The molecule has 0 N–H and O–H groups in total. The van der Waals surface area contributed by atoms with Gasteiger partial charge in [-0.25, -0.2) is 0 Å². The molecule has 0 aliphatic rings. The summed E-state index contributed by atoms with van der Waals surface area (Å²) in [6, 6.07) is 6.69. The van der Waals surface area contributed by atoms with Crippen LogP contribution in [0.2, 0.25) is 0 Å². The quantitative estimate of drug-likeness (QED) is 0.749. The lowest BCUT2D eigenvalue weighted by atomic mass is 10.1. The third-order valence-electron chi connectivity index (χ3n) is 3.48. The van der Waals surface area contributed by atoms with E-state index in [9.17, 15) is 0 Å². The van der Waals surface area contributed by atoms with Crippen molar-refractivity contribution in [2.45, 2.75) is 20.3 Å². The minimum absolute atomic E-state index is 1.10. The van der Waals surface area contributed by atoms with Crippen molar-refractivity contribution in [3.63, 3.8) is 0 Å². The first-order valence-electron chi connectivity index (χ1n) is 5.81. The van der Waals surface area contributed by atoms with Gasteiger partial charge in [0.1, 0.15) is 0 Å². The second-order valence-corrected chi connectivity index (χ2v) is 4.57. The number of aryl methyl sites for hydroxylation is 2. The SMILES string of the molecule is CCc1c(C)n(C)c2ccc(N(C)C)cc12. The second-order valence-electron chi connectivity index (χ2n) is 4.57. The molecule has 86 valence electrons. The number of rotatable bonds is 2. The molecule has 0 atom stereocenters. The molecule has 2 rings (SSSR count). The summed E-state index contributed by atoms with van der Waals surface area (Å²) < 4.78 is 2.29. The third-order valence-corrected chi connectivity index (χ3v) is 3.48. The summed E-state index contributed by atoms with van der Waals surface area (Å²) in [5.41, 5.74) is 5.46. The monoisotopic (exact) mass is 216 g/mol. The molecule has 0 unspecified atom stereocenters.